The standard InChI is InChI=1S/C20H27FN2O15P2/c1-11-10-34-18-15(14(21)8-12-16(18)23(11)9-13(17(12)24)19(25)26)22-7-6-20(27,39(28,35-30-2)36-31-3)40(29,37-32-4)38-33-5/h8-9,11,22,27H,6-7,10H2,1-5H3,(H,25,26). The number of ether oxygens (including phenoxy) is 1. The number of nitrogens with one attached hydrogen (secondary N) is 1. The summed E-state index contributed by atoms with van der Waals surface area (Å²) in [6.07, 6.45) is 0.212. The Bertz CT molecular complexity index is 1370. The predicted molar refractivity (Wildman–Crippen MR) is 131 cm³/mol. The summed E-state index contributed by atoms with van der Waals surface area (Å²) in [5.41, 5.74) is -1.72. The van der Waals surface area contributed by atoms with E-state index in [0.29, 0.717) is 0 Å². The molecule has 2 heterocycles. The number of aromatic nitrogens is 1. The lowest BCUT2D eigenvalue weighted by atomic mass is 10.1. The zero-order valence-electron chi connectivity index (χ0n) is 21.8. The number of halogens is 1. The second-order valence-electron chi connectivity index (χ2n) is 8.11. The quantitative estimate of drug-likeness (QED) is 0.149. The highest BCUT2D eigenvalue weighted by atomic mass is 31.2. The zero-order chi connectivity index (χ0) is 29.9. The number of carboxylic acid groups (broad SMARTS) is 1. The van der Waals surface area contributed by atoms with Crippen molar-refractivity contribution in [1.82, 2.24) is 4.57 Å². The second kappa shape index (κ2) is 12.6. The number of aliphatic hydroxyl groups is 1. The van der Waals surface area contributed by atoms with E-state index in [0.717, 1.165) is 40.7 Å². The van der Waals surface area contributed by atoms with Crippen LogP contribution in [0.2, 0.25) is 0 Å². The van der Waals surface area contributed by atoms with Crippen molar-refractivity contribution in [3.05, 3.63) is 33.9 Å². The van der Waals surface area contributed by atoms with E-state index in [2.05, 4.69) is 43.6 Å². The minimum absolute atomic E-state index is 0.0246. The van der Waals surface area contributed by atoms with E-state index in [9.17, 15) is 28.9 Å². The summed E-state index contributed by atoms with van der Waals surface area (Å²) in [7, 11) is -6.75. The molecule has 0 saturated heterocycles. The van der Waals surface area contributed by atoms with Crippen LogP contribution in [-0.4, -0.2) is 67.4 Å². The van der Waals surface area contributed by atoms with Crippen LogP contribution >= 0.6 is 15.2 Å². The van der Waals surface area contributed by atoms with Crippen molar-refractivity contribution < 1.29 is 71.5 Å². The third-order valence-electron chi connectivity index (χ3n) is 5.73. The molecule has 0 fully saturated rings. The summed E-state index contributed by atoms with van der Waals surface area (Å²) in [6.45, 7) is 1.10. The Morgan fingerprint density at radius 3 is 2.12 bits per heavy atom. The first-order valence-corrected chi connectivity index (χ1v) is 14.3. The first-order chi connectivity index (χ1) is 18.8. The van der Waals surface area contributed by atoms with Crippen LogP contribution in [0.4, 0.5) is 10.1 Å². The van der Waals surface area contributed by atoms with Gasteiger partial charge in [-0.25, -0.2) is 28.7 Å². The lowest BCUT2D eigenvalue weighted by Gasteiger charge is -2.35. The van der Waals surface area contributed by atoms with E-state index in [1.165, 1.54) is 4.57 Å². The zero-order valence-corrected chi connectivity index (χ0v) is 23.6. The van der Waals surface area contributed by atoms with Gasteiger partial charge in [-0.1, -0.05) is 0 Å². The molecule has 1 atom stereocenters. The predicted octanol–water partition coefficient (Wildman–Crippen LogP) is 2.94. The minimum Gasteiger partial charge on any atom is -0.487 e. The minimum atomic E-state index is -5.17. The molecule has 3 N–H and O–H groups in total. The number of carboxylic acids is 1. The molecule has 1 aromatic carbocycles. The Kier molecular flexibility index (Phi) is 10.1. The number of anilines is 1. The molecule has 20 heteroatoms. The molecule has 1 unspecified atom stereocenters. The molecule has 17 nitrogen and oxygen atoms in total. The Labute approximate surface area is 225 Å². The average Bonchev–Trinajstić information content (AvgIpc) is 2.88. The van der Waals surface area contributed by atoms with Gasteiger partial charge in [0.25, 0.3) is 5.08 Å². The van der Waals surface area contributed by atoms with Gasteiger partial charge in [0.1, 0.15) is 17.9 Å². The van der Waals surface area contributed by atoms with Crippen LogP contribution in [-0.2, 0) is 47.4 Å². The number of nitrogens with zero attached hydrogens (tertiary/aromatic N) is 1. The van der Waals surface area contributed by atoms with E-state index >= 15 is 4.39 Å². The third kappa shape index (κ3) is 5.53. The smallest absolute Gasteiger partial charge is 0.428 e. The summed E-state index contributed by atoms with van der Waals surface area (Å²) < 4.78 is 67.7. The molecule has 0 spiro atoms. The average molecular weight is 616 g/mol. The van der Waals surface area contributed by atoms with E-state index in [4.69, 9.17) is 4.74 Å². The first-order valence-electron chi connectivity index (χ1n) is 11.2. The van der Waals surface area contributed by atoms with Gasteiger partial charge >= 0.3 is 21.2 Å². The molecule has 0 saturated carbocycles. The fraction of sp³-hybridized carbons (Fsp3) is 0.500. The number of hydrogen-bond acceptors (Lipinski definition) is 15. The summed E-state index contributed by atoms with van der Waals surface area (Å²) in [5.74, 6) is -2.68. The van der Waals surface area contributed by atoms with Gasteiger partial charge in [0, 0.05) is 19.2 Å². The van der Waals surface area contributed by atoms with Crippen LogP contribution in [0.15, 0.2) is 17.1 Å². The van der Waals surface area contributed by atoms with Gasteiger partial charge in [0.05, 0.1) is 45.4 Å². The highest BCUT2D eigenvalue weighted by Crippen LogP contribution is 2.78. The molecule has 0 radical (unpaired) electrons. The lowest BCUT2D eigenvalue weighted by molar-refractivity contribution is -0.263. The van der Waals surface area contributed by atoms with Crippen LogP contribution in [0.25, 0.3) is 10.9 Å². The molecule has 1 aliphatic rings. The molecular formula is C20H27FN2O15P2. The van der Waals surface area contributed by atoms with E-state index < -0.39 is 62.1 Å². The molecule has 0 bridgehead atoms. The number of pyridine rings is 1. The monoisotopic (exact) mass is 616 g/mol. The van der Waals surface area contributed by atoms with E-state index in [1.807, 2.05) is 0 Å². The summed E-state index contributed by atoms with van der Waals surface area (Å²) >= 11 is 0. The molecule has 1 aliphatic heterocycles. The molecular weight excluding hydrogens is 589 g/mol. The van der Waals surface area contributed by atoms with Crippen molar-refractivity contribution in [2.45, 2.75) is 24.5 Å². The van der Waals surface area contributed by atoms with Gasteiger partial charge in [-0.15, -0.1) is 18.7 Å². The van der Waals surface area contributed by atoms with E-state index in [-0.39, 0.29) is 28.9 Å². The molecule has 0 amide bonds. The first kappa shape index (κ1) is 32.0. The van der Waals surface area contributed by atoms with Gasteiger partial charge < -0.3 is 24.8 Å². The number of benzene rings is 1. The van der Waals surface area contributed by atoms with Crippen molar-refractivity contribution in [3.8, 4) is 5.75 Å². The lowest BCUT2D eigenvalue weighted by Crippen LogP contribution is -2.35. The molecule has 3 rings (SSSR count). The van der Waals surface area contributed by atoms with Crippen molar-refractivity contribution in [3.63, 3.8) is 0 Å². The van der Waals surface area contributed by atoms with Crippen LogP contribution in [0.3, 0.4) is 0 Å². The summed E-state index contributed by atoms with van der Waals surface area (Å²) in [4.78, 5) is 41.9. The Morgan fingerprint density at radius 1 is 1.12 bits per heavy atom. The molecule has 1 aromatic heterocycles. The van der Waals surface area contributed by atoms with E-state index in [1.54, 1.807) is 6.92 Å². The van der Waals surface area contributed by atoms with Crippen LogP contribution in [0.1, 0.15) is 29.7 Å². The number of aromatic carboxylic acids is 1. The van der Waals surface area contributed by atoms with Crippen molar-refractivity contribution in [2.75, 3.05) is 46.9 Å². The van der Waals surface area contributed by atoms with Crippen molar-refractivity contribution in [2.24, 2.45) is 0 Å². The number of rotatable bonds is 15. The van der Waals surface area contributed by atoms with Gasteiger partial charge in [-0.05, 0) is 13.0 Å². The van der Waals surface area contributed by atoms with Gasteiger partial charge in [-0.3, -0.25) is 13.9 Å². The Balaban J connectivity index is 2.10. The number of hydrogen-bond donors (Lipinski definition) is 3. The number of carbonyl (C=O) groups is 1. The largest absolute Gasteiger partial charge is 0.487 e. The van der Waals surface area contributed by atoms with Crippen LogP contribution in [0, 0.1) is 5.82 Å². The van der Waals surface area contributed by atoms with Crippen molar-refractivity contribution in [1.29, 1.82) is 0 Å². The van der Waals surface area contributed by atoms with Gasteiger partial charge in [0.2, 0.25) is 5.43 Å². The molecule has 0 aliphatic carbocycles. The highest BCUT2D eigenvalue weighted by Gasteiger charge is 2.68. The summed E-state index contributed by atoms with van der Waals surface area (Å²) in [6, 6.07) is 0.392. The molecule has 224 valence electrons. The van der Waals surface area contributed by atoms with Crippen molar-refractivity contribution >= 4 is 37.8 Å². The fourth-order valence-corrected chi connectivity index (χ4v) is 7.66. The summed E-state index contributed by atoms with van der Waals surface area (Å²) in [5, 5.41) is 19.9. The Hall–Kier alpha value is -2.47. The molecule has 2 aromatic rings. The fourth-order valence-electron chi connectivity index (χ4n) is 3.98. The second-order valence-corrected chi connectivity index (χ2v) is 12.5. The maximum absolute atomic E-state index is 15.3. The SMILES string of the molecule is COOP(=O)(OOC)C(O)(CCNc1c(F)cc2c(=O)c(C(=O)O)cn3c2c1OCC3C)P(=O)(OOC)OOC. The normalized spacial score (nSPS) is 15.7. The van der Waals surface area contributed by atoms with Crippen LogP contribution in [0.5, 0.6) is 5.75 Å². The maximum atomic E-state index is 15.3. The Morgan fingerprint density at radius 2 is 1.65 bits per heavy atom. The topological polar surface area (TPSA) is 209 Å². The van der Waals surface area contributed by atoms with Gasteiger partial charge in [0.15, 0.2) is 11.6 Å². The molecule has 40 heavy (non-hydrogen) atoms. The van der Waals surface area contributed by atoms with Gasteiger partial charge in [-0.2, -0.15) is 0 Å². The highest BCUT2D eigenvalue weighted by molar-refractivity contribution is 7.73. The third-order valence-corrected chi connectivity index (χ3v) is 10.8. The maximum Gasteiger partial charge on any atom is 0.428 e. The van der Waals surface area contributed by atoms with Crippen LogP contribution < -0.4 is 15.5 Å².